The molecule has 0 fully saturated rings. The number of benzene rings is 1. The van der Waals surface area contributed by atoms with Crippen molar-refractivity contribution in [3.05, 3.63) is 29.6 Å². The molecular formula is C13H19FN2O3S. The van der Waals surface area contributed by atoms with Gasteiger partial charge in [0.1, 0.15) is 10.7 Å². The zero-order chi connectivity index (χ0) is 15.5. The third kappa shape index (κ3) is 3.55. The van der Waals surface area contributed by atoms with Crippen molar-refractivity contribution in [2.24, 2.45) is 5.14 Å². The Kier molecular flexibility index (Phi) is 5.24. The Bertz CT molecular complexity index is 602. The molecule has 0 radical (unpaired) electrons. The van der Waals surface area contributed by atoms with Gasteiger partial charge in [0, 0.05) is 18.2 Å². The molecule has 0 aromatic heterocycles. The number of sulfonamides is 1. The minimum atomic E-state index is -4.19. The number of halogens is 1. The third-order valence-corrected chi connectivity index (χ3v) is 4.14. The van der Waals surface area contributed by atoms with Gasteiger partial charge in [-0.05, 0) is 38.5 Å². The molecule has 5 nitrogen and oxygen atoms in total. The van der Waals surface area contributed by atoms with E-state index in [0.29, 0.717) is 6.54 Å². The number of nitrogens with two attached hydrogens (primary N) is 1. The summed E-state index contributed by atoms with van der Waals surface area (Å²) in [5, 5.41) is 4.93. The summed E-state index contributed by atoms with van der Waals surface area (Å²) < 4.78 is 36.0. The molecule has 20 heavy (non-hydrogen) atoms. The minimum absolute atomic E-state index is 0.00971. The molecule has 1 rings (SSSR count). The second-order valence-corrected chi connectivity index (χ2v) is 6.07. The summed E-state index contributed by atoms with van der Waals surface area (Å²) in [4.78, 5) is 13.3. The fraction of sp³-hybridized carbons (Fsp3) is 0.462. The van der Waals surface area contributed by atoms with Crippen molar-refractivity contribution in [1.29, 1.82) is 0 Å². The number of rotatable bonds is 5. The van der Waals surface area contributed by atoms with E-state index < -0.39 is 20.7 Å². The highest BCUT2D eigenvalue weighted by atomic mass is 32.2. The lowest BCUT2D eigenvalue weighted by Crippen LogP contribution is -2.38. The summed E-state index contributed by atoms with van der Waals surface area (Å²) >= 11 is 0. The van der Waals surface area contributed by atoms with E-state index in [1.165, 1.54) is 6.07 Å². The van der Waals surface area contributed by atoms with Crippen molar-refractivity contribution in [2.45, 2.75) is 38.1 Å². The first kappa shape index (κ1) is 16.6. The number of primary sulfonamides is 1. The highest BCUT2D eigenvalue weighted by Gasteiger charge is 2.22. The highest BCUT2D eigenvalue weighted by Crippen LogP contribution is 2.17. The Morgan fingerprint density at radius 2 is 2.00 bits per heavy atom. The maximum absolute atomic E-state index is 13.5. The van der Waals surface area contributed by atoms with Crippen molar-refractivity contribution >= 4 is 15.9 Å². The van der Waals surface area contributed by atoms with E-state index >= 15 is 0 Å². The van der Waals surface area contributed by atoms with Crippen LogP contribution in [0, 0.1) is 5.82 Å². The lowest BCUT2D eigenvalue weighted by Gasteiger charge is -2.27. The monoisotopic (exact) mass is 302 g/mol. The second kappa shape index (κ2) is 6.32. The molecule has 0 bridgehead atoms. The number of nitrogens with zero attached hydrogens (tertiary/aromatic N) is 1. The molecule has 112 valence electrons. The van der Waals surface area contributed by atoms with Gasteiger partial charge in [0.05, 0.1) is 0 Å². The first-order valence-electron chi connectivity index (χ1n) is 6.35. The van der Waals surface area contributed by atoms with E-state index in [9.17, 15) is 17.6 Å². The molecule has 0 saturated heterocycles. The molecule has 0 aliphatic carbocycles. The quantitative estimate of drug-likeness (QED) is 0.899. The third-order valence-electron chi connectivity index (χ3n) is 3.21. The highest BCUT2D eigenvalue weighted by molar-refractivity contribution is 7.89. The van der Waals surface area contributed by atoms with Crippen molar-refractivity contribution in [3.63, 3.8) is 0 Å². The fourth-order valence-electron chi connectivity index (χ4n) is 1.90. The van der Waals surface area contributed by atoms with Crippen LogP contribution in [0.4, 0.5) is 4.39 Å². The Morgan fingerprint density at radius 1 is 1.40 bits per heavy atom. The van der Waals surface area contributed by atoms with Crippen LogP contribution in [-0.2, 0) is 10.0 Å². The number of hydrogen-bond acceptors (Lipinski definition) is 3. The molecule has 0 aliphatic rings. The first-order valence-corrected chi connectivity index (χ1v) is 7.90. The van der Waals surface area contributed by atoms with E-state index in [2.05, 4.69) is 0 Å². The van der Waals surface area contributed by atoms with E-state index in [4.69, 9.17) is 5.14 Å². The van der Waals surface area contributed by atoms with E-state index in [1.807, 2.05) is 20.8 Å². The van der Waals surface area contributed by atoms with Gasteiger partial charge < -0.3 is 4.90 Å². The lowest BCUT2D eigenvalue weighted by molar-refractivity contribution is 0.0699. The molecule has 1 aromatic rings. The maximum Gasteiger partial charge on any atom is 0.254 e. The number of amides is 1. The molecule has 0 spiro atoms. The smallest absolute Gasteiger partial charge is 0.254 e. The molecule has 0 heterocycles. The van der Waals surface area contributed by atoms with E-state index in [-0.39, 0.29) is 17.5 Å². The Morgan fingerprint density at radius 3 is 2.45 bits per heavy atom. The van der Waals surface area contributed by atoms with Crippen LogP contribution in [0.3, 0.4) is 0 Å². The molecule has 1 atom stereocenters. The summed E-state index contributed by atoms with van der Waals surface area (Å²) in [6.45, 7) is 6.15. The van der Waals surface area contributed by atoms with Gasteiger partial charge in [0.25, 0.3) is 5.91 Å². The summed E-state index contributed by atoms with van der Waals surface area (Å²) in [5.41, 5.74) is 0.109. The summed E-state index contributed by atoms with van der Waals surface area (Å²) in [6.07, 6.45) is 0.767. The molecule has 0 saturated carbocycles. The van der Waals surface area contributed by atoms with Crippen LogP contribution in [0.5, 0.6) is 0 Å². The van der Waals surface area contributed by atoms with Crippen molar-refractivity contribution in [2.75, 3.05) is 6.54 Å². The summed E-state index contributed by atoms with van der Waals surface area (Å²) in [7, 11) is -4.19. The van der Waals surface area contributed by atoms with Gasteiger partial charge in [-0.2, -0.15) is 0 Å². The van der Waals surface area contributed by atoms with Crippen LogP contribution in [0.2, 0.25) is 0 Å². The van der Waals surface area contributed by atoms with E-state index in [0.717, 1.165) is 18.6 Å². The van der Waals surface area contributed by atoms with Gasteiger partial charge in [0.2, 0.25) is 10.0 Å². The van der Waals surface area contributed by atoms with E-state index in [1.54, 1.807) is 4.90 Å². The van der Waals surface area contributed by atoms with Crippen molar-refractivity contribution in [1.82, 2.24) is 4.90 Å². The average molecular weight is 302 g/mol. The molecule has 0 aliphatic heterocycles. The Balaban J connectivity index is 3.24. The number of carbonyl (C=O) groups excluding carboxylic acids is 1. The van der Waals surface area contributed by atoms with Crippen molar-refractivity contribution < 1.29 is 17.6 Å². The Labute approximate surface area is 118 Å². The predicted molar refractivity (Wildman–Crippen MR) is 74.2 cm³/mol. The first-order chi connectivity index (χ1) is 9.22. The average Bonchev–Trinajstić information content (AvgIpc) is 2.38. The van der Waals surface area contributed by atoms with Gasteiger partial charge in [-0.1, -0.05) is 6.92 Å². The number of hydrogen-bond donors (Lipinski definition) is 1. The van der Waals surface area contributed by atoms with Gasteiger partial charge in [0.15, 0.2) is 0 Å². The van der Waals surface area contributed by atoms with Gasteiger partial charge in [-0.3, -0.25) is 4.79 Å². The minimum Gasteiger partial charge on any atom is -0.336 e. The fourth-order valence-corrected chi connectivity index (χ4v) is 2.53. The normalized spacial score (nSPS) is 13.1. The van der Waals surface area contributed by atoms with Crippen LogP contribution in [0.15, 0.2) is 23.1 Å². The molecule has 1 unspecified atom stereocenters. The predicted octanol–water partition coefficient (Wildman–Crippen LogP) is 1.73. The van der Waals surface area contributed by atoms with Crippen LogP contribution >= 0.6 is 0 Å². The molecule has 1 amide bonds. The lowest BCUT2D eigenvalue weighted by atomic mass is 10.1. The van der Waals surface area contributed by atoms with Crippen molar-refractivity contribution in [3.8, 4) is 0 Å². The maximum atomic E-state index is 13.5. The molecule has 7 heteroatoms. The SMILES string of the molecule is CCC(C)N(CC)C(=O)c1ccc(F)c(S(N)(=O)=O)c1. The standard InChI is InChI=1S/C13H19FN2O3S/c1-4-9(3)16(5-2)13(17)10-6-7-11(14)12(8-10)20(15,18)19/h6-9H,4-5H2,1-3H3,(H2,15,18,19). The van der Waals surface area contributed by atoms with Crippen LogP contribution in [0.1, 0.15) is 37.6 Å². The molecule has 2 N–H and O–H groups in total. The molecule has 1 aromatic carbocycles. The summed E-state index contributed by atoms with van der Waals surface area (Å²) in [6, 6.07) is 3.20. The van der Waals surface area contributed by atoms with Gasteiger partial charge in [-0.25, -0.2) is 17.9 Å². The van der Waals surface area contributed by atoms with Crippen LogP contribution in [-0.4, -0.2) is 31.8 Å². The van der Waals surface area contributed by atoms with Gasteiger partial charge >= 0.3 is 0 Å². The summed E-state index contributed by atoms with van der Waals surface area (Å²) in [5.74, 6) is -1.30. The second-order valence-electron chi connectivity index (χ2n) is 4.54. The van der Waals surface area contributed by atoms with Crippen LogP contribution in [0.25, 0.3) is 0 Å². The molecular weight excluding hydrogens is 283 g/mol. The Hall–Kier alpha value is -1.47. The van der Waals surface area contributed by atoms with Gasteiger partial charge in [-0.15, -0.1) is 0 Å². The zero-order valence-corrected chi connectivity index (χ0v) is 12.6. The van der Waals surface area contributed by atoms with Crippen LogP contribution < -0.4 is 5.14 Å². The topological polar surface area (TPSA) is 80.5 Å². The largest absolute Gasteiger partial charge is 0.336 e. The number of carbonyl (C=O) groups is 1. The zero-order valence-electron chi connectivity index (χ0n) is 11.8.